The number of aromatic amines is 1. The number of aromatic nitrogens is 2. The molecule has 2 aliphatic rings. The summed E-state index contributed by atoms with van der Waals surface area (Å²) in [5.74, 6) is 1.99. The molecule has 6 nitrogen and oxygen atoms in total. The van der Waals surface area contributed by atoms with Crippen LogP contribution in [-0.2, 0) is 4.79 Å². The Morgan fingerprint density at radius 3 is 2.59 bits per heavy atom. The third-order valence-electron chi connectivity index (χ3n) is 6.44. The molecule has 0 saturated heterocycles. The highest BCUT2D eigenvalue weighted by atomic mass is 35.5. The van der Waals surface area contributed by atoms with Crippen LogP contribution in [0.1, 0.15) is 47.1 Å². The van der Waals surface area contributed by atoms with Gasteiger partial charge in [-0.3, -0.25) is 9.89 Å². The first-order chi connectivity index (χ1) is 15.5. The fourth-order valence-electron chi connectivity index (χ4n) is 4.92. The molecule has 2 atom stereocenters. The highest BCUT2D eigenvalue weighted by Gasteiger charge is 2.41. The molecular formula is C25H24ClN3O3. The largest absolute Gasteiger partial charge is 0.493 e. The van der Waals surface area contributed by atoms with Crippen LogP contribution in [0.4, 0.5) is 5.82 Å². The second-order valence-corrected chi connectivity index (χ2v) is 8.63. The summed E-state index contributed by atoms with van der Waals surface area (Å²) in [5.41, 5.74) is 5.57. The molecule has 2 aromatic carbocycles. The number of nitrogens with one attached hydrogen (secondary N) is 2. The number of Topliss-reactive ketones (excluding diaryl/α,β-unsaturated/α-hetero) is 1. The lowest BCUT2D eigenvalue weighted by Crippen LogP contribution is -2.30. The van der Waals surface area contributed by atoms with Crippen molar-refractivity contribution >= 4 is 23.2 Å². The number of methoxy groups -OCH3 is 2. The number of rotatable bonds is 4. The Labute approximate surface area is 191 Å². The summed E-state index contributed by atoms with van der Waals surface area (Å²) in [6.07, 6.45) is 1.12. The van der Waals surface area contributed by atoms with Crippen LogP contribution in [0.5, 0.6) is 11.5 Å². The number of fused-ring (bicyclic) bond motifs is 1. The molecule has 0 unspecified atom stereocenters. The van der Waals surface area contributed by atoms with Gasteiger partial charge in [-0.15, -0.1) is 0 Å². The second-order valence-electron chi connectivity index (χ2n) is 8.23. The molecule has 0 radical (unpaired) electrons. The van der Waals surface area contributed by atoms with E-state index in [0.717, 1.165) is 39.5 Å². The lowest BCUT2D eigenvalue weighted by atomic mass is 9.72. The van der Waals surface area contributed by atoms with Crippen LogP contribution in [0, 0.1) is 6.92 Å². The number of hydrogen-bond acceptors (Lipinski definition) is 5. The minimum absolute atomic E-state index is 0.0297. The molecule has 1 aromatic heterocycles. The van der Waals surface area contributed by atoms with Crippen LogP contribution < -0.4 is 14.8 Å². The van der Waals surface area contributed by atoms with Crippen LogP contribution in [0.15, 0.2) is 53.7 Å². The number of hydrogen-bond donors (Lipinski definition) is 2. The predicted molar refractivity (Wildman–Crippen MR) is 124 cm³/mol. The zero-order chi connectivity index (χ0) is 22.4. The van der Waals surface area contributed by atoms with E-state index in [0.29, 0.717) is 29.4 Å². The summed E-state index contributed by atoms with van der Waals surface area (Å²) >= 11 is 6.60. The molecule has 7 heteroatoms. The first-order valence-corrected chi connectivity index (χ1v) is 10.9. The van der Waals surface area contributed by atoms with E-state index in [1.807, 2.05) is 49.4 Å². The molecule has 1 aliphatic heterocycles. The van der Waals surface area contributed by atoms with E-state index in [1.54, 1.807) is 14.2 Å². The smallest absolute Gasteiger partial charge is 0.162 e. The minimum Gasteiger partial charge on any atom is -0.493 e. The number of ether oxygens (including phenoxy) is 2. The molecule has 0 saturated carbocycles. The number of anilines is 1. The average molecular weight is 450 g/mol. The number of allylic oxidation sites excluding steroid dienone is 2. The van der Waals surface area contributed by atoms with Gasteiger partial charge in [0.1, 0.15) is 0 Å². The molecule has 0 spiro atoms. The number of halogens is 1. The Hall–Kier alpha value is -3.25. The fraction of sp³-hybridized carbons (Fsp3) is 0.280. The minimum atomic E-state index is -0.243. The third kappa shape index (κ3) is 3.26. The quantitative estimate of drug-likeness (QED) is 0.561. The van der Waals surface area contributed by atoms with Gasteiger partial charge in [0, 0.05) is 39.9 Å². The number of ketones is 1. The van der Waals surface area contributed by atoms with E-state index in [-0.39, 0.29) is 17.6 Å². The summed E-state index contributed by atoms with van der Waals surface area (Å²) in [6, 6.07) is 13.6. The summed E-state index contributed by atoms with van der Waals surface area (Å²) < 4.78 is 10.8. The summed E-state index contributed by atoms with van der Waals surface area (Å²) in [6.45, 7) is 1.97. The molecule has 32 heavy (non-hydrogen) atoms. The van der Waals surface area contributed by atoms with Gasteiger partial charge >= 0.3 is 0 Å². The van der Waals surface area contributed by atoms with Crippen molar-refractivity contribution in [1.82, 2.24) is 10.2 Å². The molecule has 0 bridgehead atoms. The molecule has 0 amide bonds. The zero-order valence-electron chi connectivity index (χ0n) is 18.2. The lowest BCUT2D eigenvalue weighted by molar-refractivity contribution is -0.116. The Kier molecular flexibility index (Phi) is 5.18. The van der Waals surface area contributed by atoms with E-state index in [4.69, 9.17) is 21.1 Å². The van der Waals surface area contributed by atoms with E-state index in [2.05, 4.69) is 15.5 Å². The second kappa shape index (κ2) is 8.02. The molecule has 5 rings (SSSR count). The summed E-state index contributed by atoms with van der Waals surface area (Å²) in [4.78, 5) is 13.6. The zero-order valence-corrected chi connectivity index (χ0v) is 18.9. The third-order valence-corrected chi connectivity index (χ3v) is 6.79. The maximum atomic E-state index is 13.6. The van der Waals surface area contributed by atoms with Gasteiger partial charge in [-0.2, -0.15) is 5.10 Å². The highest BCUT2D eigenvalue weighted by Crippen LogP contribution is 2.49. The van der Waals surface area contributed by atoms with Crippen molar-refractivity contribution in [2.75, 3.05) is 19.5 Å². The van der Waals surface area contributed by atoms with E-state index in [1.165, 1.54) is 0 Å². The SMILES string of the molecule is COc1ccc([C@@H]2CC(=O)C3=C(C2)Nc2n[nH]c(C)c2[C@@H]3c2ccccc2Cl)cc1OC. The molecule has 2 heterocycles. The van der Waals surface area contributed by atoms with Gasteiger partial charge in [-0.05, 0) is 48.6 Å². The highest BCUT2D eigenvalue weighted by molar-refractivity contribution is 6.31. The van der Waals surface area contributed by atoms with Gasteiger partial charge in [0.05, 0.1) is 14.2 Å². The maximum absolute atomic E-state index is 13.6. The number of carbonyl (C=O) groups is 1. The van der Waals surface area contributed by atoms with E-state index >= 15 is 0 Å². The molecule has 1 aliphatic carbocycles. The Bertz CT molecular complexity index is 1250. The molecule has 3 aromatic rings. The van der Waals surface area contributed by atoms with Crippen LogP contribution in [0.3, 0.4) is 0 Å². The summed E-state index contributed by atoms with van der Waals surface area (Å²) in [5, 5.41) is 11.6. The number of aryl methyl sites for hydroxylation is 1. The normalized spacial score (nSPS) is 19.8. The topological polar surface area (TPSA) is 76.2 Å². The molecule has 2 N–H and O–H groups in total. The number of nitrogens with zero attached hydrogens (tertiary/aromatic N) is 1. The standard InChI is InChI=1S/C25H24ClN3O3/c1-13-22-23(16-6-4-5-7-17(16)26)24-18(27-25(22)29-28-13)10-15(11-19(24)30)14-8-9-20(31-2)21(12-14)32-3/h4-9,12,15,23H,10-11H2,1-3H3,(H2,27,28,29)/t15-,23-/m0/s1. The molecular weight excluding hydrogens is 426 g/mol. The van der Waals surface area contributed by atoms with Gasteiger partial charge in [-0.25, -0.2) is 0 Å². The van der Waals surface area contributed by atoms with Crippen LogP contribution >= 0.6 is 11.6 Å². The number of benzene rings is 2. The lowest BCUT2D eigenvalue weighted by Gasteiger charge is -2.35. The maximum Gasteiger partial charge on any atom is 0.162 e. The monoisotopic (exact) mass is 449 g/mol. The fourth-order valence-corrected chi connectivity index (χ4v) is 5.17. The Morgan fingerprint density at radius 2 is 1.84 bits per heavy atom. The van der Waals surface area contributed by atoms with E-state index < -0.39 is 0 Å². The van der Waals surface area contributed by atoms with Gasteiger partial charge in [-0.1, -0.05) is 35.9 Å². The summed E-state index contributed by atoms with van der Waals surface area (Å²) in [7, 11) is 3.23. The van der Waals surface area contributed by atoms with Crippen molar-refractivity contribution in [2.45, 2.75) is 31.6 Å². The van der Waals surface area contributed by atoms with Crippen molar-refractivity contribution in [2.24, 2.45) is 0 Å². The molecule has 0 fully saturated rings. The van der Waals surface area contributed by atoms with E-state index in [9.17, 15) is 4.79 Å². The van der Waals surface area contributed by atoms with Gasteiger partial charge in [0.2, 0.25) is 0 Å². The van der Waals surface area contributed by atoms with Crippen LogP contribution in [-0.4, -0.2) is 30.2 Å². The van der Waals surface area contributed by atoms with Crippen LogP contribution in [0.2, 0.25) is 5.02 Å². The van der Waals surface area contributed by atoms with Crippen molar-refractivity contribution in [1.29, 1.82) is 0 Å². The molecule has 164 valence electrons. The van der Waals surface area contributed by atoms with Gasteiger partial charge in [0.25, 0.3) is 0 Å². The predicted octanol–water partition coefficient (Wildman–Crippen LogP) is 5.35. The van der Waals surface area contributed by atoms with Gasteiger partial charge < -0.3 is 14.8 Å². The average Bonchev–Trinajstić information content (AvgIpc) is 3.17. The Balaban J connectivity index is 1.59. The van der Waals surface area contributed by atoms with Crippen molar-refractivity contribution in [3.8, 4) is 11.5 Å². The van der Waals surface area contributed by atoms with Crippen molar-refractivity contribution in [3.63, 3.8) is 0 Å². The van der Waals surface area contributed by atoms with Crippen molar-refractivity contribution in [3.05, 3.63) is 81.1 Å². The number of H-pyrrole nitrogens is 1. The number of carbonyl (C=O) groups excluding carboxylic acids is 1. The first kappa shape index (κ1) is 20.6. The van der Waals surface area contributed by atoms with Crippen LogP contribution in [0.25, 0.3) is 0 Å². The first-order valence-electron chi connectivity index (χ1n) is 10.6. The van der Waals surface area contributed by atoms with Gasteiger partial charge in [0.15, 0.2) is 23.1 Å². The Morgan fingerprint density at radius 1 is 1.06 bits per heavy atom. The van der Waals surface area contributed by atoms with Crippen molar-refractivity contribution < 1.29 is 14.3 Å².